The van der Waals surface area contributed by atoms with E-state index in [1.165, 1.54) is 6.33 Å². The Bertz CT molecular complexity index is 762. The van der Waals surface area contributed by atoms with E-state index in [9.17, 15) is 10.1 Å². The standard InChI is InChI=1S/C16H18ClN5O2/c1-11-9-12(17)5-6-13(11)20-15-14(22(23)24)16(19-10-18-15)21-7-3-2-4-8-21/h5-6,9-10H,2-4,7-8H2,1H3,(H,18,19,20). The molecule has 0 saturated carbocycles. The zero-order valence-corrected chi connectivity index (χ0v) is 14.1. The molecule has 1 fully saturated rings. The summed E-state index contributed by atoms with van der Waals surface area (Å²) >= 11 is 5.96. The summed E-state index contributed by atoms with van der Waals surface area (Å²) in [6.07, 6.45) is 4.54. The molecule has 3 rings (SSSR count). The van der Waals surface area contributed by atoms with Crippen LogP contribution in [-0.4, -0.2) is 28.0 Å². The first kappa shape index (κ1) is 16.4. The number of piperidine rings is 1. The molecule has 7 nitrogen and oxygen atoms in total. The first-order chi connectivity index (χ1) is 11.6. The topological polar surface area (TPSA) is 84.2 Å². The molecule has 0 unspecified atom stereocenters. The smallest absolute Gasteiger partial charge is 0.351 e. The Morgan fingerprint density at radius 3 is 2.67 bits per heavy atom. The summed E-state index contributed by atoms with van der Waals surface area (Å²) in [4.78, 5) is 21.5. The summed E-state index contributed by atoms with van der Waals surface area (Å²) in [5.41, 5.74) is 1.52. The molecule has 24 heavy (non-hydrogen) atoms. The Morgan fingerprint density at radius 1 is 1.25 bits per heavy atom. The number of hydrogen-bond donors (Lipinski definition) is 1. The van der Waals surface area contributed by atoms with Gasteiger partial charge in [-0.15, -0.1) is 0 Å². The van der Waals surface area contributed by atoms with Crippen molar-refractivity contribution in [2.45, 2.75) is 26.2 Å². The Balaban J connectivity index is 1.99. The van der Waals surface area contributed by atoms with E-state index in [0.717, 1.165) is 43.6 Å². The van der Waals surface area contributed by atoms with Crippen molar-refractivity contribution >= 4 is 34.6 Å². The monoisotopic (exact) mass is 347 g/mol. The maximum absolute atomic E-state index is 11.7. The SMILES string of the molecule is Cc1cc(Cl)ccc1Nc1ncnc(N2CCCCC2)c1[N+](=O)[O-]. The van der Waals surface area contributed by atoms with Gasteiger partial charge in [0, 0.05) is 23.8 Å². The van der Waals surface area contributed by atoms with Gasteiger partial charge in [-0.25, -0.2) is 9.97 Å². The summed E-state index contributed by atoms with van der Waals surface area (Å²) in [5, 5.41) is 15.3. The maximum atomic E-state index is 11.7. The summed E-state index contributed by atoms with van der Waals surface area (Å²) < 4.78 is 0. The van der Waals surface area contributed by atoms with Crippen LogP contribution in [0.4, 0.5) is 23.0 Å². The molecule has 0 spiro atoms. The minimum Gasteiger partial charge on any atom is -0.351 e. The lowest BCUT2D eigenvalue weighted by Crippen LogP contribution is -2.31. The highest BCUT2D eigenvalue weighted by atomic mass is 35.5. The number of anilines is 3. The van der Waals surface area contributed by atoms with Gasteiger partial charge in [0.15, 0.2) is 0 Å². The van der Waals surface area contributed by atoms with E-state index in [4.69, 9.17) is 11.6 Å². The third-order valence-corrected chi connectivity index (χ3v) is 4.32. The second kappa shape index (κ2) is 7.00. The number of halogens is 1. The Morgan fingerprint density at radius 2 is 2.00 bits per heavy atom. The van der Waals surface area contributed by atoms with E-state index in [1.807, 2.05) is 11.8 Å². The van der Waals surface area contributed by atoms with Crippen molar-refractivity contribution in [3.8, 4) is 0 Å². The Kier molecular flexibility index (Phi) is 4.80. The average molecular weight is 348 g/mol. The molecule has 0 amide bonds. The van der Waals surface area contributed by atoms with Gasteiger partial charge in [-0.2, -0.15) is 0 Å². The number of benzene rings is 1. The van der Waals surface area contributed by atoms with Crippen LogP contribution in [0.5, 0.6) is 0 Å². The second-order valence-electron chi connectivity index (χ2n) is 5.78. The van der Waals surface area contributed by atoms with Gasteiger partial charge in [0.05, 0.1) is 4.92 Å². The molecular formula is C16H18ClN5O2. The molecule has 1 aliphatic heterocycles. The molecular weight excluding hydrogens is 330 g/mol. The van der Waals surface area contributed by atoms with E-state index >= 15 is 0 Å². The number of nitro groups is 1. The highest BCUT2D eigenvalue weighted by molar-refractivity contribution is 6.30. The molecule has 126 valence electrons. The Labute approximate surface area is 144 Å². The lowest BCUT2D eigenvalue weighted by atomic mass is 10.1. The summed E-state index contributed by atoms with van der Waals surface area (Å²) in [6.45, 7) is 3.43. The minimum atomic E-state index is -0.419. The minimum absolute atomic E-state index is 0.0891. The molecule has 0 bridgehead atoms. The van der Waals surface area contributed by atoms with Crippen LogP contribution in [-0.2, 0) is 0 Å². The van der Waals surface area contributed by atoms with Crippen molar-refractivity contribution in [2.24, 2.45) is 0 Å². The summed E-state index contributed by atoms with van der Waals surface area (Å²) in [6, 6.07) is 5.31. The molecule has 1 aliphatic rings. The van der Waals surface area contributed by atoms with E-state index in [2.05, 4.69) is 15.3 Å². The van der Waals surface area contributed by atoms with Crippen LogP contribution in [0, 0.1) is 17.0 Å². The molecule has 0 radical (unpaired) electrons. The first-order valence-corrected chi connectivity index (χ1v) is 8.21. The maximum Gasteiger partial charge on any atom is 0.353 e. The fourth-order valence-corrected chi connectivity index (χ4v) is 3.09. The predicted molar refractivity (Wildman–Crippen MR) is 94.2 cm³/mol. The molecule has 8 heteroatoms. The van der Waals surface area contributed by atoms with Crippen LogP contribution in [0.1, 0.15) is 24.8 Å². The van der Waals surface area contributed by atoms with Gasteiger partial charge in [0.25, 0.3) is 0 Å². The Hall–Kier alpha value is -2.41. The van der Waals surface area contributed by atoms with E-state index in [0.29, 0.717) is 10.8 Å². The second-order valence-corrected chi connectivity index (χ2v) is 6.22. The molecule has 0 atom stereocenters. The van der Waals surface area contributed by atoms with Crippen molar-refractivity contribution in [2.75, 3.05) is 23.3 Å². The van der Waals surface area contributed by atoms with Gasteiger partial charge < -0.3 is 10.2 Å². The lowest BCUT2D eigenvalue weighted by molar-refractivity contribution is -0.383. The quantitative estimate of drug-likeness (QED) is 0.662. The van der Waals surface area contributed by atoms with E-state index in [-0.39, 0.29) is 11.5 Å². The fourth-order valence-electron chi connectivity index (χ4n) is 2.86. The van der Waals surface area contributed by atoms with Crippen molar-refractivity contribution in [3.05, 3.63) is 45.2 Å². The van der Waals surface area contributed by atoms with Gasteiger partial charge in [-0.3, -0.25) is 10.1 Å². The van der Waals surface area contributed by atoms with E-state index in [1.54, 1.807) is 18.2 Å². The molecule has 1 N–H and O–H groups in total. The van der Waals surface area contributed by atoms with Crippen LogP contribution < -0.4 is 10.2 Å². The van der Waals surface area contributed by atoms with Crippen LogP contribution in [0.15, 0.2) is 24.5 Å². The van der Waals surface area contributed by atoms with Gasteiger partial charge in [-0.1, -0.05) is 11.6 Å². The molecule has 1 aromatic carbocycles. The van der Waals surface area contributed by atoms with Crippen molar-refractivity contribution < 1.29 is 4.92 Å². The van der Waals surface area contributed by atoms with Crippen molar-refractivity contribution in [3.63, 3.8) is 0 Å². The van der Waals surface area contributed by atoms with Gasteiger partial charge in [0.2, 0.25) is 11.6 Å². The number of aryl methyl sites for hydroxylation is 1. The van der Waals surface area contributed by atoms with E-state index < -0.39 is 4.92 Å². The lowest BCUT2D eigenvalue weighted by Gasteiger charge is -2.27. The largest absolute Gasteiger partial charge is 0.353 e. The zero-order chi connectivity index (χ0) is 17.1. The number of hydrogen-bond acceptors (Lipinski definition) is 6. The number of nitrogens with zero attached hydrogens (tertiary/aromatic N) is 4. The van der Waals surface area contributed by atoms with Crippen LogP contribution in [0.3, 0.4) is 0 Å². The zero-order valence-electron chi connectivity index (χ0n) is 13.3. The third kappa shape index (κ3) is 3.41. The highest BCUT2D eigenvalue weighted by Gasteiger charge is 2.28. The molecule has 2 aromatic rings. The highest BCUT2D eigenvalue weighted by Crippen LogP contribution is 2.35. The van der Waals surface area contributed by atoms with Crippen LogP contribution in [0.25, 0.3) is 0 Å². The number of aromatic nitrogens is 2. The van der Waals surface area contributed by atoms with Crippen LogP contribution >= 0.6 is 11.6 Å². The molecule has 1 aromatic heterocycles. The fraction of sp³-hybridized carbons (Fsp3) is 0.375. The summed E-state index contributed by atoms with van der Waals surface area (Å²) in [5.74, 6) is 0.574. The summed E-state index contributed by atoms with van der Waals surface area (Å²) in [7, 11) is 0. The van der Waals surface area contributed by atoms with Gasteiger partial charge >= 0.3 is 5.69 Å². The molecule has 1 saturated heterocycles. The normalized spacial score (nSPS) is 14.5. The first-order valence-electron chi connectivity index (χ1n) is 7.84. The van der Waals surface area contributed by atoms with Crippen molar-refractivity contribution in [1.29, 1.82) is 0 Å². The van der Waals surface area contributed by atoms with Gasteiger partial charge in [-0.05, 0) is 49.9 Å². The van der Waals surface area contributed by atoms with Crippen LogP contribution in [0.2, 0.25) is 5.02 Å². The molecule has 0 aliphatic carbocycles. The third-order valence-electron chi connectivity index (χ3n) is 4.08. The molecule has 2 heterocycles. The van der Waals surface area contributed by atoms with Crippen molar-refractivity contribution in [1.82, 2.24) is 9.97 Å². The average Bonchev–Trinajstić information content (AvgIpc) is 2.58. The predicted octanol–water partition coefficient (Wildman–Crippen LogP) is 4.08. The van der Waals surface area contributed by atoms with Gasteiger partial charge in [0.1, 0.15) is 6.33 Å². The number of rotatable bonds is 4. The number of nitrogens with one attached hydrogen (secondary N) is 1.